The maximum Gasteiger partial charge on any atom is 0.305 e. The molecule has 354 valence electrons. The Balaban J connectivity index is 4.05. The lowest BCUT2D eigenvalue weighted by Gasteiger charge is -2.22. The summed E-state index contributed by atoms with van der Waals surface area (Å²) in [6, 6.07) is 0. The van der Waals surface area contributed by atoms with Crippen molar-refractivity contribution in [2.24, 2.45) is 0 Å². The van der Waals surface area contributed by atoms with E-state index in [9.17, 15) is 4.79 Å². The first-order valence-electron chi connectivity index (χ1n) is 28.1. The summed E-state index contributed by atoms with van der Waals surface area (Å²) >= 11 is 0. The maximum atomic E-state index is 12.6. The third-order valence-electron chi connectivity index (χ3n) is 13.3. The molecule has 0 bridgehead atoms. The van der Waals surface area contributed by atoms with Crippen LogP contribution >= 0.6 is 0 Å². The molecule has 0 amide bonds. The molecule has 0 aromatic carbocycles. The fraction of sp³-hybridized carbons (Fsp3) is 0.982. The van der Waals surface area contributed by atoms with E-state index < -0.39 is 0 Å². The van der Waals surface area contributed by atoms with Crippen molar-refractivity contribution in [1.29, 1.82) is 0 Å². The fourth-order valence-electron chi connectivity index (χ4n) is 9.10. The third-order valence-corrected chi connectivity index (χ3v) is 13.3. The highest BCUT2D eigenvalue weighted by Gasteiger charge is 2.08. The molecule has 0 heterocycles. The number of rotatable bonds is 53. The summed E-state index contributed by atoms with van der Waals surface area (Å²) in [5.41, 5.74) is 0. The van der Waals surface area contributed by atoms with Gasteiger partial charge in [-0.05, 0) is 32.4 Å². The predicted octanol–water partition coefficient (Wildman–Crippen LogP) is 19.6. The standard InChI is InChI=1S/C56H113NO2/c1-4-7-10-13-16-19-22-25-28-31-34-37-40-43-46-49-52-57(53-50-47-44-41-38-35-32-29-26-23-20-17-14-11-8-5-2)54-55-59-56(58)51-48-45-42-39-36-33-30-27-24-21-18-15-12-9-6-3/h4-55H2,1-3H3. The number of carbonyl (C=O) groups excluding carboxylic acids is 1. The highest BCUT2D eigenvalue weighted by Crippen LogP contribution is 2.17. The van der Waals surface area contributed by atoms with Crippen LogP contribution in [-0.2, 0) is 9.53 Å². The number of hydrogen-bond acceptors (Lipinski definition) is 3. The molecule has 0 aliphatic carbocycles. The van der Waals surface area contributed by atoms with Gasteiger partial charge in [0.2, 0.25) is 0 Å². The minimum absolute atomic E-state index is 0.0319. The highest BCUT2D eigenvalue weighted by atomic mass is 16.5. The molecule has 59 heavy (non-hydrogen) atoms. The first-order chi connectivity index (χ1) is 29.2. The minimum atomic E-state index is 0.0319. The Kier molecular flexibility index (Phi) is 53.0. The van der Waals surface area contributed by atoms with Gasteiger partial charge >= 0.3 is 5.97 Å². The number of nitrogens with zero attached hydrogens (tertiary/aromatic N) is 1. The predicted molar refractivity (Wildman–Crippen MR) is 266 cm³/mol. The molecule has 0 rings (SSSR count). The summed E-state index contributed by atoms with van der Waals surface area (Å²) in [5, 5.41) is 0. The Morgan fingerprint density at radius 1 is 0.271 bits per heavy atom. The van der Waals surface area contributed by atoms with Crippen LogP contribution in [0.5, 0.6) is 0 Å². The summed E-state index contributed by atoms with van der Waals surface area (Å²) in [4.78, 5) is 15.2. The zero-order chi connectivity index (χ0) is 42.6. The van der Waals surface area contributed by atoms with E-state index in [0.29, 0.717) is 13.0 Å². The van der Waals surface area contributed by atoms with E-state index in [4.69, 9.17) is 4.74 Å². The summed E-state index contributed by atoms with van der Waals surface area (Å²) in [5.74, 6) is 0.0319. The van der Waals surface area contributed by atoms with Gasteiger partial charge in [0, 0.05) is 13.0 Å². The molecule has 0 N–H and O–H groups in total. The Morgan fingerprint density at radius 3 is 0.712 bits per heavy atom. The smallest absolute Gasteiger partial charge is 0.305 e. The van der Waals surface area contributed by atoms with Gasteiger partial charge in [-0.3, -0.25) is 9.69 Å². The Bertz CT molecular complexity index is 718. The lowest BCUT2D eigenvalue weighted by molar-refractivity contribution is -0.144. The van der Waals surface area contributed by atoms with Crippen LogP contribution in [0.1, 0.15) is 329 Å². The number of ether oxygens (including phenoxy) is 1. The highest BCUT2D eigenvalue weighted by molar-refractivity contribution is 5.69. The molecule has 0 spiro atoms. The zero-order valence-electron chi connectivity index (χ0n) is 41.5. The molecule has 0 aliphatic heterocycles. The van der Waals surface area contributed by atoms with Crippen molar-refractivity contribution in [2.75, 3.05) is 26.2 Å². The summed E-state index contributed by atoms with van der Waals surface area (Å²) in [7, 11) is 0. The second kappa shape index (κ2) is 53.6. The van der Waals surface area contributed by atoms with Crippen molar-refractivity contribution in [2.45, 2.75) is 329 Å². The van der Waals surface area contributed by atoms with E-state index in [0.717, 1.165) is 13.0 Å². The Morgan fingerprint density at radius 2 is 0.475 bits per heavy atom. The average molecular weight is 833 g/mol. The van der Waals surface area contributed by atoms with Crippen molar-refractivity contribution < 1.29 is 9.53 Å². The summed E-state index contributed by atoms with van der Waals surface area (Å²) in [6.45, 7) is 10.8. The van der Waals surface area contributed by atoms with Gasteiger partial charge in [0.15, 0.2) is 0 Å². The van der Waals surface area contributed by atoms with Crippen LogP contribution in [0.15, 0.2) is 0 Å². The molecule has 0 unspecified atom stereocenters. The molecule has 0 aromatic heterocycles. The summed E-state index contributed by atoms with van der Waals surface area (Å²) in [6.07, 6.45) is 66.4. The van der Waals surface area contributed by atoms with E-state index in [2.05, 4.69) is 25.7 Å². The van der Waals surface area contributed by atoms with Gasteiger partial charge in [-0.2, -0.15) is 0 Å². The Labute approximate surface area is 374 Å². The van der Waals surface area contributed by atoms with Crippen molar-refractivity contribution in [3.63, 3.8) is 0 Å². The SMILES string of the molecule is CCCCCCCCCCCCCCCCCCN(CCCCCCCCCCCCCCCCCC)CCOC(=O)CCCCCCCCCCCCCCCCC. The fourth-order valence-corrected chi connectivity index (χ4v) is 9.10. The van der Waals surface area contributed by atoms with Crippen molar-refractivity contribution in [3.05, 3.63) is 0 Å². The second-order valence-corrected chi connectivity index (χ2v) is 19.4. The van der Waals surface area contributed by atoms with E-state index in [1.165, 1.54) is 308 Å². The van der Waals surface area contributed by atoms with Crippen LogP contribution in [0.4, 0.5) is 0 Å². The monoisotopic (exact) mass is 832 g/mol. The second-order valence-electron chi connectivity index (χ2n) is 19.4. The number of unbranched alkanes of at least 4 members (excludes halogenated alkanes) is 44. The van der Waals surface area contributed by atoms with Crippen LogP contribution in [-0.4, -0.2) is 37.1 Å². The minimum Gasteiger partial charge on any atom is -0.464 e. The van der Waals surface area contributed by atoms with Crippen LogP contribution in [0.3, 0.4) is 0 Å². The molecule has 0 aromatic rings. The zero-order valence-corrected chi connectivity index (χ0v) is 41.5. The first-order valence-corrected chi connectivity index (χ1v) is 28.1. The molecule has 0 radical (unpaired) electrons. The molecule has 0 saturated heterocycles. The van der Waals surface area contributed by atoms with Gasteiger partial charge in [0.05, 0.1) is 0 Å². The van der Waals surface area contributed by atoms with Crippen LogP contribution in [0.25, 0.3) is 0 Å². The third kappa shape index (κ3) is 51.7. The summed E-state index contributed by atoms with van der Waals surface area (Å²) < 4.78 is 5.78. The van der Waals surface area contributed by atoms with Crippen LogP contribution < -0.4 is 0 Å². The van der Waals surface area contributed by atoms with Crippen LogP contribution in [0, 0.1) is 0 Å². The largest absolute Gasteiger partial charge is 0.464 e. The van der Waals surface area contributed by atoms with Gasteiger partial charge < -0.3 is 4.74 Å². The van der Waals surface area contributed by atoms with E-state index in [1.807, 2.05) is 0 Å². The molecule has 0 saturated carbocycles. The van der Waals surface area contributed by atoms with Gasteiger partial charge in [0.25, 0.3) is 0 Å². The van der Waals surface area contributed by atoms with Gasteiger partial charge in [0.1, 0.15) is 6.61 Å². The van der Waals surface area contributed by atoms with Crippen molar-refractivity contribution >= 4 is 5.97 Å². The molecule has 3 nitrogen and oxygen atoms in total. The molecule has 0 fully saturated rings. The maximum absolute atomic E-state index is 12.6. The van der Waals surface area contributed by atoms with E-state index in [-0.39, 0.29) is 5.97 Å². The number of carbonyl (C=O) groups is 1. The molecular formula is C56H113NO2. The quantitative estimate of drug-likeness (QED) is 0.0452. The topological polar surface area (TPSA) is 29.5 Å². The van der Waals surface area contributed by atoms with Gasteiger partial charge in [-0.1, -0.05) is 303 Å². The molecule has 0 aliphatic rings. The van der Waals surface area contributed by atoms with Crippen molar-refractivity contribution in [3.8, 4) is 0 Å². The molecule has 0 atom stereocenters. The van der Waals surface area contributed by atoms with Gasteiger partial charge in [-0.15, -0.1) is 0 Å². The van der Waals surface area contributed by atoms with Crippen LogP contribution in [0.2, 0.25) is 0 Å². The Hall–Kier alpha value is -0.570. The van der Waals surface area contributed by atoms with Crippen molar-refractivity contribution in [1.82, 2.24) is 4.90 Å². The lowest BCUT2D eigenvalue weighted by Crippen LogP contribution is -2.30. The molecular weight excluding hydrogens is 719 g/mol. The van der Waals surface area contributed by atoms with E-state index in [1.54, 1.807) is 0 Å². The van der Waals surface area contributed by atoms with Gasteiger partial charge in [-0.25, -0.2) is 0 Å². The normalized spacial score (nSPS) is 11.7. The molecule has 3 heteroatoms. The van der Waals surface area contributed by atoms with E-state index >= 15 is 0 Å². The number of esters is 1. The first kappa shape index (κ1) is 58.4. The lowest BCUT2D eigenvalue weighted by atomic mass is 10.0. The average Bonchev–Trinajstić information content (AvgIpc) is 3.24. The number of hydrogen-bond donors (Lipinski definition) is 0.